The lowest BCUT2D eigenvalue weighted by Gasteiger charge is -1.92. The van der Waals surface area contributed by atoms with Gasteiger partial charge in [0.15, 0.2) is 0 Å². The van der Waals surface area contributed by atoms with Crippen LogP contribution in [0.1, 0.15) is 18.9 Å². The highest BCUT2D eigenvalue weighted by atomic mass is 14.6. The van der Waals surface area contributed by atoms with Crippen molar-refractivity contribution in [3.05, 3.63) is 30.1 Å². The van der Waals surface area contributed by atoms with Crippen LogP contribution in [-0.2, 0) is 6.42 Å². The first kappa shape index (κ1) is 9.21. The Labute approximate surface area is 64.1 Å². The number of hydrogen-bond acceptors (Lipinski definition) is 1. The summed E-state index contributed by atoms with van der Waals surface area (Å²) in [6.07, 6.45) is 6.07. The summed E-state index contributed by atoms with van der Waals surface area (Å²) < 4.78 is 0. The zero-order valence-corrected chi connectivity index (χ0v) is 6.25. The molecule has 3 radical (unpaired) electrons. The Balaban J connectivity index is 0.000000810. The van der Waals surface area contributed by atoms with Crippen LogP contribution in [0.2, 0.25) is 0 Å². The molecule has 0 aliphatic heterocycles. The topological polar surface area (TPSA) is 12.9 Å². The minimum Gasteiger partial charge on any atom is -0.264 e. The summed E-state index contributed by atoms with van der Waals surface area (Å²) in [5.74, 6) is 0. The van der Waals surface area contributed by atoms with Gasteiger partial charge in [-0.15, -0.1) is 0 Å². The molecule has 2 heteroatoms. The SMILES string of the molecule is CCCc1cccnc1.[B]. The van der Waals surface area contributed by atoms with Crippen LogP contribution in [-0.4, -0.2) is 13.4 Å². The molecule has 0 aromatic carbocycles. The summed E-state index contributed by atoms with van der Waals surface area (Å²) in [4.78, 5) is 4.00. The van der Waals surface area contributed by atoms with Crippen molar-refractivity contribution in [2.75, 3.05) is 0 Å². The highest BCUT2D eigenvalue weighted by Crippen LogP contribution is 1.98. The first-order valence-electron chi connectivity index (χ1n) is 3.32. The van der Waals surface area contributed by atoms with E-state index < -0.39 is 0 Å². The Hall–Kier alpha value is -0.785. The van der Waals surface area contributed by atoms with Crippen LogP contribution < -0.4 is 0 Å². The van der Waals surface area contributed by atoms with Gasteiger partial charge in [-0.3, -0.25) is 4.98 Å². The maximum atomic E-state index is 4.00. The third-order valence-electron chi connectivity index (χ3n) is 1.26. The Kier molecular flexibility index (Phi) is 4.64. The van der Waals surface area contributed by atoms with Crippen molar-refractivity contribution in [1.29, 1.82) is 0 Å². The molecule has 0 N–H and O–H groups in total. The van der Waals surface area contributed by atoms with Gasteiger partial charge in [-0.2, -0.15) is 0 Å². The van der Waals surface area contributed by atoms with Gasteiger partial charge < -0.3 is 0 Å². The molecule has 1 aromatic heterocycles. The third-order valence-corrected chi connectivity index (χ3v) is 1.26. The standard InChI is InChI=1S/C8H11N.B/c1-2-4-8-5-3-6-9-7-8;/h3,5-7H,2,4H2,1H3;. The number of rotatable bonds is 2. The fraction of sp³-hybridized carbons (Fsp3) is 0.375. The third kappa shape index (κ3) is 2.67. The Bertz CT molecular complexity index is 162. The van der Waals surface area contributed by atoms with Gasteiger partial charge >= 0.3 is 0 Å². The molecule has 1 nitrogen and oxygen atoms in total. The van der Waals surface area contributed by atoms with E-state index in [1.54, 1.807) is 6.20 Å². The summed E-state index contributed by atoms with van der Waals surface area (Å²) in [6.45, 7) is 2.17. The van der Waals surface area contributed by atoms with E-state index in [9.17, 15) is 0 Å². The lowest BCUT2D eigenvalue weighted by Crippen LogP contribution is -1.81. The van der Waals surface area contributed by atoms with E-state index >= 15 is 0 Å². The molecule has 0 saturated heterocycles. The summed E-state index contributed by atoms with van der Waals surface area (Å²) >= 11 is 0. The minimum absolute atomic E-state index is 0. The van der Waals surface area contributed by atoms with Gasteiger partial charge in [0.25, 0.3) is 0 Å². The monoisotopic (exact) mass is 132 g/mol. The molecule has 0 fully saturated rings. The Morgan fingerprint density at radius 3 is 2.80 bits per heavy atom. The van der Waals surface area contributed by atoms with Gasteiger partial charge in [0, 0.05) is 20.8 Å². The number of pyridine rings is 1. The van der Waals surface area contributed by atoms with Gasteiger partial charge in [0.05, 0.1) is 0 Å². The molecule has 1 rings (SSSR count). The van der Waals surface area contributed by atoms with Crippen LogP contribution in [0.25, 0.3) is 0 Å². The molecule has 0 spiro atoms. The molecule has 0 bridgehead atoms. The quantitative estimate of drug-likeness (QED) is 0.557. The number of aryl methyl sites for hydroxylation is 1. The molecule has 0 aliphatic carbocycles. The van der Waals surface area contributed by atoms with E-state index in [0.29, 0.717) is 0 Å². The fourth-order valence-corrected chi connectivity index (χ4v) is 0.835. The van der Waals surface area contributed by atoms with Crippen LogP contribution in [0, 0.1) is 0 Å². The number of hydrogen-bond donors (Lipinski definition) is 0. The van der Waals surface area contributed by atoms with Crippen LogP contribution in [0.3, 0.4) is 0 Å². The molecule has 0 atom stereocenters. The van der Waals surface area contributed by atoms with Crippen LogP contribution in [0.4, 0.5) is 0 Å². The maximum Gasteiger partial charge on any atom is 0.0299 e. The Morgan fingerprint density at radius 1 is 1.50 bits per heavy atom. The molecular weight excluding hydrogens is 121 g/mol. The number of nitrogens with zero attached hydrogens (tertiary/aromatic N) is 1. The van der Waals surface area contributed by atoms with Crippen molar-refractivity contribution in [3.8, 4) is 0 Å². The molecule has 1 aromatic rings. The zero-order chi connectivity index (χ0) is 6.53. The van der Waals surface area contributed by atoms with E-state index in [-0.39, 0.29) is 8.41 Å². The highest BCUT2D eigenvalue weighted by Gasteiger charge is 1.85. The molecule has 0 amide bonds. The van der Waals surface area contributed by atoms with Gasteiger partial charge in [-0.1, -0.05) is 19.4 Å². The van der Waals surface area contributed by atoms with E-state index in [1.165, 1.54) is 12.0 Å². The van der Waals surface area contributed by atoms with E-state index in [0.717, 1.165) is 6.42 Å². The predicted octanol–water partition coefficient (Wildman–Crippen LogP) is 1.65. The van der Waals surface area contributed by atoms with Crippen molar-refractivity contribution in [2.24, 2.45) is 0 Å². The van der Waals surface area contributed by atoms with E-state index in [4.69, 9.17) is 0 Å². The van der Waals surface area contributed by atoms with Gasteiger partial charge in [0.1, 0.15) is 0 Å². The van der Waals surface area contributed by atoms with Crippen molar-refractivity contribution in [1.82, 2.24) is 4.98 Å². The van der Waals surface area contributed by atoms with Gasteiger partial charge in [0.2, 0.25) is 0 Å². The summed E-state index contributed by atoms with van der Waals surface area (Å²) in [5, 5.41) is 0. The molecule has 10 heavy (non-hydrogen) atoms. The summed E-state index contributed by atoms with van der Waals surface area (Å²) in [6, 6.07) is 4.08. The Morgan fingerprint density at radius 2 is 2.30 bits per heavy atom. The molecule has 0 aliphatic rings. The highest BCUT2D eigenvalue weighted by molar-refractivity contribution is 5.75. The molecule has 51 valence electrons. The van der Waals surface area contributed by atoms with Gasteiger partial charge in [-0.05, 0) is 18.1 Å². The van der Waals surface area contributed by atoms with Crippen LogP contribution in [0.15, 0.2) is 24.5 Å². The lowest BCUT2D eigenvalue weighted by atomic mass is 10.2. The minimum atomic E-state index is 0. The lowest BCUT2D eigenvalue weighted by molar-refractivity contribution is 0.914. The zero-order valence-electron chi connectivity index (χ0n) is 6.25. The molecule has 1 heterocycles. The van der Waals surface area contributed by atoms with Gasteiger partial charge in [-0.25, -0.2) is 0 Å². The second-order valence-corrected chi connectivity index (χ2v) is 2.11. The van der Waals surface area contributed by atoms with Crippen molar-refractivity contribution in [3.63, 3.8) is 0 Å². The smallest absolute Gasteiger partial charge is 0.0299 e. The van der Waals surface area contributed by atoms with E-state index in [2.05, 4.69) is 18.0 Å². The summed E-state index contributed by atoms with van der Waals surface area (Å²) in [7, 11) is 0. The van der Waals surface area contributed by atoms with Crippen molar-refractivity contribution in [2.45, 2.75) is 19.8 Å². The first-order valence-corrected chi connectivity index (χ1v) is 3.32. The van der Waals surface area contributed by atoms with Crippen LogP contribution >= 0.6 is 0 Å². The van der Waals surface area contributed by atoms with Crippen LogP contribution in [0.5, 0.6) is 0 Å². The number of aromatic nitrogens is 1. The van der Waals surface area contributed by atoms with Crippen molar-refractivity contribution < 1.29 is 0 Å². The first-order chi connectivity index (χ1) is 4.43. The van der Waals surface area contributed by atoms with E-state index in [1.807, 2.05) is 12.3 Å². The predicted molar refractivity (Wildman–Crippen MR) is 44.0 cm³/mol. The maximum absolute atomic E-state index is 4.00. The normalized spacial score (nSPS) is 8.50. The largest absolute Gasteiger partial charge is 0.264 e. The average Bonchev–Trinajstić information content (AvgIpc) is 1.91. The van der Waals surface area contributed by atoms with Crippen molar-refractivity contribution >= 4 is 8.41 Å². The fourth-order valence-electron chi connectivity index (χ4n) is 0.835. The average molecular weight is 132 g/mol. The second-order valence-electron chi connectivity index (χ2n) is 2.11. The molecule has 0 saturated carbocycles. The molecule has 0 unspecified atom stereocenters. The second kappa shape index (κ2) is 5.04. The molecular formula is C8H11BN. The summed E-state index contributed by atoms with van der Waals surface area (Å²) in [5.41, 5.74) is 1.33.